The highest BCUT2D eigenvalue weighted by molar-refractivity contribution is 5.99. The van der Waals surface area contributed by atoms with Crippen LogP contribution in [0.4, 0.5) is 16.2 Å². The second-order valence-electron chi connectivity index (χ2n) is 8.50. The summed E-state index contributed by atoms with van der Waals surface area (Å²) in [5.74, 6) is -0.221. The first-order valence-corrected chi connectivity index (χ1v) is 10.9. The van der Waals surface area contributed by atoms with Crippen molar-refractivity contribution in [1.82, 2.24) is 5.32 Å². The molecule has 2 unspecified atom stereocenters. The van der Waals surface area contributed by atoms with Crippen LogP contribution in [0.1, 0.15) is 36.8 Å². The average molecular weight is 425 g/mol. The third-order valence-corrected chi connectivity index (χ3v) is 5.80. The van der Waals surface area contributed by atoms with Crippen molar-refractivity contribution in [3.8, 4) is 0 Å². The van der Waals surface area contributed by atoms with E-state index in [0.717, 1.165) is 48.2 Å². The molecule has 0 spiro atoms. The van der Waals surface area contributed by atoms with Crippen molar-refractivity contribution in [2.24, 2.45) is 11.8 Å². The molecule has 6 nitrogen and oxygen atoms in total. The number of carboxylic acids is 1. The second kappa shape index (κ2) is 11.0. The highest BCUT2D eigenvalue weighted by Crippen LogP contribution is 2.30. The molecular weight excluding hydrogens is 392 g/mol. The van der Waals surface area contributed by atoms with E-state index in [-0.39, 0.29) is 12.6 Å². The van der Waals surface area contributed by atoms with Gasteiger partial charge in [0.15, 0.2) is 0 Å². The Morgan fingerprint density at radius 2 is 1.52 bits per heavy atom. The van der Waals surface area contributed by atoms with Gasteiger partial charge in [0.2, 0.25) is 0 Å². The summed E-state index contributed by atoms with van der Waals surface area (Å²) in [7, 11) is 0. The van der Waals surface area contributed by atoms with Crippen LogP contribution in [0.5, 0.6) is 0 Å². The smallest absolute Gasteiger partial charge is 0.329 e. The van der Waals surface area contributed by atoms with E-state index in [0.29, 0.717) is 25.0 Å². The molecule has 2 aromatic rings. The third kappa shape index (κ3) is 6.82. The largest absolute Gasteiger partial charge is 0.480 e. The molecule has 1 aliphatic carbocycles. The molecule has 0 saturated heterocycles. The maximum atomic E-state index is 13.2. The summed E-state index contributed by atoms with van der Waals surface area (Å²) in [5, 5.41) is 11.9. The monoisotopic (exact) mass is 424 g/mol. The predicted molar refractivity (Wildman–Crippen MR) is 122 cm³/mol. The number of nitrogens with one attached hydrogen (secondary N) is 1. The van der Waals surface area contributed by atoms with Gasteiger partial charge < -0.3 is 15.2 Å². The molecule has 2 N–H and O–H groups in total. The minimum atomic E-state index is -0.938. The van der Waals surface area contributed by atoms with E-state index in [9.17, 15) is 9.59 Å². The molecule has 0 heterocycles. The Balaban J connectivity index is 1.63. The van der Waals surface area contributed by atoms with Crippen LogP contribution in [0.3, 0.4) is 0 Å². The van der Waals surface area contributed by atoms with E-state index in [2.05, 4.69) is 5.32 Å². The number of carbonyl (C=O) groups is 2. The van der Waals surface area contributed by atoms with Crippen LogP contribution in [0.25, 0.3) is 0 Å². The number of rotatable bonds is 8. The molecular formula is C25H32N2O4. The highest BCUT2D eigenvalue weighted by atomic mass is 16.5. The summed E-state index contributed by atoms with van der Waals surface area (Å²) >= 11 is 0. The molecule has 0 aromatic heterocycles. The Bertz CT molecular complexity index is 819. The van der Waals surface area contributed by atoms with Gasteiger partial charge in [-0.25, -0.2) is 9.59 Å². The van der Waals surface area contributed by atoms with Crippen LogP contribution in [-0.4, -0.2) is 36.9 Å². The number of aliphatic carboxylic acids is 1. The minimum Gasteiger partial charge on any atom is -0.480 e. The van der Waals surface area contributed by atoms with E-state index in [4.69, 9.17) is 9.84 Å². The molecule has 31 heavy (non-hydrogen) atoms. The number of hydrogen-bond acceptors (Lipinski definition) is 3. The number of carbonyl (C=O) groups excluding carboxylic acids is 1. The SMILES string of the molecule is Cc1ccc(N(C(=O)NCC2CCCC(COCC(=O)O)C2)c2ccc(C)cc2)cc1. The Kier molecular flexibility index (Phi) is 8.06. The third-order valence-electron chi connectivity index (χ3n) is 5.80. The first-order chi connectivity index (χ1) is 14.9. The van der Waals surface area contributed by atoms with Crippen molar-refractivity contribution in [2.45, 2.75) is 39.5 Å². The molecule has 0 radical (unpaired) electrons. The number of hydrogen-bond donors (Lipinski definition) is 2. The zero-order chi connectivity index (χ0) is 22.2. The van der Waals surface area contributed by atoms with Gasteiger partial charge in [0.25, 0.3) is 0 Å². The van der Waals surface area contributed by atoms with Gasteiger partial charge in [0, 0.05) is 6.54 Å². The van der Waals surface area contributed by atoms with Gasteiger partial charge in [-0.05, 0) is 69.2 Å². The lowest BCUT2D eigenvalue weighted by molar-refractivity contribution is -0.142. The quantitative estimate of drug-likeness (QED) is 0.621. The highest BCUT2D eigenvalue weighted by Gasteiger charge is 2.24. The fourth-order valence-electron chi connectivity index (χ4n) is 4.13. The van der Waals surface area contributed by atoms with Crippen LogP contribution < -0.4 is 10.2 Å². The van der Waals surface area contributed by atoms with Crippen LogP contribution in [0.2, 0.25) is 0 Å². The zero-order valence-electron chi connectivity index (χ0n) is 18.3. The summed E-state index contributed by atoms with van der Waals surface area (Å²) in [4.78, 5) is 25.6. The molecule has 0 bridgehead atoms. The Hall–Kier alpha value is -2.86. The molecule has 1 aliphatic rings. The molecule has 0 aliphatic heterocycles. The first-order valence-electron chi connectivity index (χ1n) is 10.9. The van der Waals surface area contributed by atoms with E-state index in [1.165, 1.54) is 0 Å². The molecule has 3 rings (SSSR count). The Labute approximate surface area is 184 Å². The molecule has 2 atom stereocenters. The number of benzene rings is 2. The number of nitrogens with zero attached hydrogens (tertiary/aromatic N) is 1. The lowest BCUT2D eigenvalue weighted by Gasteiger charge is -2.30. The van der Waals surface area contributed by atoms with Crippen LogP contribution in [0.15, 0.2) is 48.5 Å². The topological polar surface area (TPSA) is 78.9 Å². The van der Waals surface area contributed by atoms with E-state index in [1.54, 1.807) is 4.90 Å². The van der Waals surface area contributed by atoms with E-state index >= 15 is 0 Å². The summed E-state index contributed by atoms with van der Waals surface area (Å²) in [6, 6.07) is 15.7. The molecule has 166 valence electrons. The lowest BCUT2D eigenvalue weighted by Crippen LogP contribution is -2.40. The predicted octanol–water partition coefficient (Wildman–Crippen LogP) is 5.06. The number of anilines is 2. The normalized spacial score (nSPS) is 18.4. The Morgan fingerprint density at radius 1 is 0.968 bits per heavy atom. The summed E-state index contributed by atoms with van der Waals surface area (Å²) in [6.07, 6.45) is 4.12. The van der Waals surface area contributed by atoms with Gasteiger partial charge in [-0.3, -0.25) is 4.90 Å². The summed E-state index contributed by atoms with van der Waals surface area (Å²) in [6.45, 7) is 4.87. The Morgan fingerprint density at radius 3 is 2.06 bits per heavy atom. The molecule has 2 amide bonds. The van der Waals surface area contributed by atoms with Crippen molar-refractivity contribution >= 4 is 23.4 Å². The standard InChI is InChI=1S/C25H32N2O4/c1-18-6-10-22(11-7-18)27(23-12-8-19(2)9-13-23)25(30)26-15-20-4-3-5-21(14-20)16-31-17-24(28)29/h6-13,20-21H,3-5,14-17H2,1-2H3,(H,26,30)(H,28,29). The summed E-state index contributed by atoms with van der Waals surface area (Å²) < 4.78 is 5.29. The number of amides is 2. The fraction of sp³-hybridized carbons (Fsp3) is 0.440. The summed E-state index contributed by atoms with van der Waals surface area (Å²) in [5.41, 5.74) is 3.95. The van der Waals surface area contributed by atoms with Gasteiger partial charge in [-0.2, -0.15) is 0 Å². The zero-order valence-corrected chi connectivity index (χ0v) is 18.3. The number of ether oxygens (including phenoxy) is 1. The average Bonchev–Trinajstić information content (AvgIpc) is 2.75. The van der Waals surface area contributed by atoms with Crippen molar-refractivity contribution < 1.29 is 19.4 Å². The molecule has 1 fully saturated rings. The molecule has 2 aromatic carbocycles. The fourth-order valence-corrected chi connectivity index (χ4v) is 4.13. The number of aryl methyl sites for hydroxylation is 2. The van der Waals surface area contributed by atoms with E-state index < -0.39 is 5.97 Å². The molecule has 1 saturated carbocycles. The maximum absolute atomic E-state index is 13.2. The minimum absolute atomic E-state index is 0.142. The number of urea groups is 1. The maximum Gasteiger partial charge on any atom is 0.329 e. The number of carboxylic acid groups (broad SMARTS) is 1. The van der Waals surface area contributed by atoms with Crippen LogP contribution >= 0.6 is 0 Å². The van der Waals surface area contributed by atoms with Crippen LogP contribution in [-0.2, 0) is 9.53 Å². The van der Waals surface area contributed by atoms with Gasteiger partial charge in [0.05, 0.1) is 18.0 Å². The first kappa shape index (κ1) is 22.8. The van der Waals surface area contributed by atoms with E-state index in [1.807, 2.05) is 62.4 Å². The van der Waals surface area contributed by atoms with Gasteiger partial charge >= 0.3 is 12.0 Å². The van der Waals surface area contributed by atoms with Gasteiger partial charge in [0.1, 0.15) is 6.61 Å². The van der Waals surface area contributed by atoms with Crippen molar-refractivity contribution in [3.63, 3.8) is 0 Å². The molecule has 6 heteroatoms. The lowest BCUT2D eigenvalue weighted by atomic mass is 9.82. The second-order valence-corrected chi connectivity index (χ2v) is 8.50. The van der Waals surface area contributed by atoms with Crippen LogP contribution in [0, 0.1) is 25.7 Å². The van der Waals surface area contributed by atoms with Gasteiger partial charge in [-0.15, -0.1) is 0 Å². The van der Waals surface area contributed by atoms with Crippen molar-refractivity contribution in [1.29, 1.82) is 0 Å². The van der Waals surface area contributed by atoms with Crippen molar-refractivity contribution in [2.75, 3.05) is 24.7 Å². The van der Waals surface area contributed by atoms with Crippen molar-refractivity contribution in [3.05, 3.63) is 59.7 Å². The van der Waals surface area contributed by atoms with Gasteiger partial charge in [-0.1, -0.05) is 41.8 Å².